The summed E-state index contributed by atoms with van der Waals surface area (Å²) in [4.78, 5) is 11.6. The molecule has 0 aromatic heterocycles. The Balaban J connectivity index is 1.76. The minimum Gasteiger partial charge on any atom is -0.484 e. The molecule has 0 bridgehead atoms. The van der Waals surface area contributed by atoms with Crippen LogP contribution in [-0.2, 0) is 9.53 Å². The maximum absolute atomic E-state index is 11.6. The number of hydrogen-bond acceptors (Lipinski definition) is 4. The normalized spacial score (nSPS) is 22.8. The number of aliphatic hydroxyl groups excluding tert-OH is 1. The number of ether oxygens (including phenoxy) is 2. The number of carbonyl (C=O) groups is 1. The van der Waals surface area contributed by atoms with Gasteiger partial charge in [0.2, 0.25) is 0 Å². The highest BCUT2D eigenvalue weighted by Gasteiger charge is 2.27. The van der Waals surface area contributed by atoms with Crippen LogP contribution in [0.15, 0.2) is 24.3 Å². The molecule has 0 aliphatic carbocycles. The lowest BCUT2D eigenvalue weighted by Crippen LogP contribution is -2.42. The Hall–Kier alpha value is -0.860. The van der Waals surface area contributed by atoms with Gasteiger partial charge in [0.15, 0.2) is 12.9 Å². The van der Waals surface area contributed by atoms with Crippen LogP contribution in [0.1, 0.15) is 6.42 Å². The summed E-state index contributed by atoms with van der Waals surface area (Å²) in [5.74, 6) is 0.386. The summed E-state index contributed by atoms with van der Waals surface area (Å²) >= 11 is 2.20. The SMILES string of the molecule is O=C(COc1ccc(I)cc1)N[C@H]1CCOC1O. The first-order valence-corrected chi connectivity index (χ1v) is 6.70. The fourth-order valence-corrected chi connectivity index (χ4v) is 2.01. The lowest BCUT2D eigenvalue weighted by molar-refractivity contribution is -0.127. The Kier molecular flexibility index (Phi) is 4.79. The van der Waals surface area contributed by atoms with Crippen LogP contribution in [0.5, 0.6) is 5.75 Å². The van der Waals surface area contributed by atoms with Crippen molar-refractivity contribution in [1.82, 2.24) is 5.32 Å². The Morgan fingerprint density at radius 2 is 2.22 bits per heavy atom. The highest BCUT2D eigenvalue weighted by atomic mass is 127. The van der Waals surface area contributed by atoms with Crippen molar-refractivity contribution in [1.29, 1.82) is 0 Å². The first kappa shape index (κ1) is 13.6. The van der Waals surface area contributed by atoms with E-state index in [-0.39, 0.29) is 18.6 Å². The lowest BCUT2D eigenvalue weighted by atomic mass is 10.2. The molecule has 1 fully saturated rings. The van der Waals surface area contributed by atoms with E-state index in [9.17, 15) is 9.90 Å². The average Bonchev–Trinajstić information content (AvgIpc) is 2.74. The van der Waals surface area contributed by atoms with Crippen LogP contribution in [0, 0.1) is 3.57 Å². The molecule has 5 nitrogen and oxygen atoms in total. The van der Waals surface area contributed by atoms with Crippen LogP contribution >= 0.6 is 22.6 Å². The number of carbonyl (C=O) groups excluding carboxylic acids is 1. The van der Waals surface area contributed by atoms with E-state index in [4.69, 9.17) is 9.47 Å². The zero-order chi connectivity index (χ0) is 13.0. The van der Waals surface area contributed by atoms with E-state index in [2.05, 4.69) is 27.9 Å². The third-order valence-electron chi connectivity index (χ3n) is 2.59. The van der Waals surface area contributed by atoms with Crippen LogP contribution in [0.2, 0.25) is 0 Å². The molecule has 6 heteroatoms. The van der Waals surface area contributed by atoms with Crippen molar-refractivity contribution in [3.05, 3.63) is 27.8 Å². The van der Waals surface area contributed by atoms with Gasteiger partial charge >= 0.3 is 0 Å². The van der Waals surface area contributed by atoms with Gasteiger partial charge in [-0.3, -0.25) is 4.79 Å². The van der Waals surface area contributed by atoms with Crippen LogP contribution in [-0.4, -0.2) is 36.6 Å². The first-order chi connectivity index (χ1) is 8.65. The van der Waals surface area contributed by atoms with Gasteiger partial charge in [0.05, 0.1) is 12.6 Å². The van der Waals surface area contributed by atoms with E-state index >= 15 is 0 Å². The fourth-order valence-electron chi connectivity index (χ4n) is 1.65. The summed E-state index contributed by atoms with van der Waals surface area (Å²) < 4.78 is 11.4. The van der Waals surface area contributed by atoms with Gasteiger partial charge in [-0.2, -0.15) is 0 Å². The number of benzene rings is 1. The highest BCUT2D eigenvalue weighted by molar-refractivity contribution is 14.1. The average molecular weight is 363 g/mol. The largest absolute Gasteiger partial charge is 0.484 e. The number of rotatable bonds is 4. The second-order valence-corrected chi connectivity index (χ2v) is 5.21. The second-order valence-electron chi connectivity index (χ2n) is 3.97. The Bertz CT molecular complexity index is 409. The predicted octanol–water partition coefficient (Wildman–Crippen LogP) is 0.893. The molecule has 1 aromatic rings. The lowest BCUT2D eigenvalue weighted by Gasteiger charge is -2.15. The van der Waals surface area contributed by atoms with Crippen LogP contribution < -0.4 is 10.1 Å². The van der Waals surface area contributed by atoms with E-state index in [1.165, 1.54) is 0 Å². The number of halogens is 1. The maximum atomic E-state index is 11.6. The Labute approximate surface area is 119 Å². The van der Waals surface area contributed by atoms with Crippen LogP contribution in [0.25, 0.3) is 0 Å². The van der Waals surface area contributed by atoms with Crippen LogP contribution in [0.3, 0.4) is 0 Å². The maximum Gasteiger partial charge on any atom is 0.258 e. The molecule has 1 aliphatic rings. The Morgan fingerprint density at radius 3 is 2.83 bits per heavy atom. The van der Waals surface area contributed by atoms with Gasteiger partial charge in [-0.15, -0.1) is 0 Å². The molecule has 1 saturated heterocycles. The number of nitrogens with one attached hydrogen (secondary N) is 1. The molecule has 1 unspecified atom stereocenters. The predicted molar refractivity (Wildman–Crippen MR) is 73.2 cm³/mol. The van der Waals surface area contributed by atoms with E-state index in [1.54, 1.807) is 0 Å². The van der Waals surface area contributed by atoms with E-state index in [1.807, 2.05) is 24.3 Å². The van der Waals surface area contributed by atoms with Crippen LogP contribution in [0.4, 0.5) is 0 Å². The quantitative estimate of drug-likeness (QED) is 0.780. The third kappa shape index (κ3) is 3.82. The number of amides is 1. The molecule has 0 saturated carbocycles. The minimum absolute atomic E-state index is 0.0657. The summed E-state index contributed by atoms with van der Waals surface area (Å²) in [6.07, 6.45) is -0.288. The minimum atomic E-state index is -0.910. The van der Waals surface area contributed by atoms with E-state index < -0.39 is 6.29 Å². The summed E-state index contributed by atoms with van der Waals surface area (Å²) in [5, 5.41) is 12.0. The third-order valence-corrected chi connectivity index (χ3v) is 3.31. The molecule has 1 amide bonds. The molecule has 2 N–H and O–H groups in total. The molecular weight excluding hydrogens is 349 g/mol. The molecule has 1 aromatic carbocycles. The number of hydrogen-bond donors (Lipinski definition) is 2. The fraction of sp³-hybridized carbons (Fsp3) is 0.417. The van der Waals surface area contributed by atoms with Gasteiger partial charge in [0, 0.05) is 3.57 Å². The van der Waals surface area contributed by atoms with Crippen molar-refractivity contribution in [3.63, 3.8) is 0 Å². The van der Waals surface area contributed by atoms with E-state index in [0.717, 1.165) is 3.57 Å². The molecule has 2 atom stereocenters. The van der Waals surface area contributed by atoms with Crippen molar-refractivity contribution in [2.24, 2.45) is 0 Å². The summed E-state index contributed by atoms with van der Waals surface area (Å²) in [6.45, 7) is 0.397. The zero-order valence-electron chi connectivity index (χ0n) is 9.64. The molecule has 1 aliphatic heterocycles. The topological polar surface area (TPSA) is 67.8 Å². The van der Waals surface area contributed by atoms with Gasteiger partial charge in [-0.05, 0) is 53.3 Å². The van der Waals surface area contributed by atoms with Crippen molar-refractivity contribution in [3.8, 4) is 5.75 Å². The molecule has 2 rings (SSSR count). The molecule has 1 heterocycles. The summed E-state index contributed by atoms with van der Waals surface area (Å²) in [7, 11) is 0. The number of aliphatic hydroxyl groups is 1. The van der Waals surface area contributed by atoms with Gasteiger partial charge in [-0.1, -0.05) is 0 Å². The first-order valence-electron chi connectivity index (χ1n) is 5.62. The standard InChI is InChI=1S/C12H14INO4/c13-8-1-3-9(4-2-8)18-7-11(15)14-10-5-6-17-12(10)16/h1-4,10,12,16H,5-7H2,(H,14,15)/t10-,12?/m0/s1. The van der Waals surface area contributed by atoms with Crippen molar-refractivity contribution in [2.45, 2.75) is 18.8 Å². The smallest absolute Gasteiger partial charge is 0.258 e. The molecule has 0 radical (unpaired) electrons. The van der Waals surface area contributed by atoms with Gasteiger partial charge in [0.25, 0.3) is 5.91 Å². The van der Waals surface area contributed by atoms with Crippen molar-refractivity contribution in [2.75, 3.05) is 13.2 Å². The summed E-state index contributed by atoms with van der Waals surface area (Å²) in [5.41, 5.74) is 0. The van der Waals surface area contributed by atoms with Crippen molar-refractivity contribution >= 4 is 28.5 Å². The molecule has 0 spiro atoms. The molecule has 98 valence electrons. The second kappa shape index (κ2) is 6.35. The van der Waals surface area contributed by atoms with Gasteiger partial charge in [0.1, 0.15) is 5.75 Å². The van der Waals surface area contributed by atoms with Gasteiger partial charge < -0.3 is 19.9 Å². The zero-order valence-corrected chi connectivity index (χ0v) is 11.8. The van der Waals surface area contributed by atoms with Crippen molar-refractivity contribution < 1.29 is 19.4 Å². The summed E-state index contributed by atoms with van der Waals surface area (Å²) in [6, 6.07) is 7.09. The van der Waals surface area contributed by atoms with E-state index in [0.29, 0.717) is 18.8 Å². The monoisotopic (exact) mass is 363 g/mol. The molecule has 18 heavy (non-hydrogen) atoms. The Morgan fingerprint density at radius 1 is 1.50 bits per heavy atom. The molecular formula is C12H14INO4. The highest BCUT2D eigenvalue weighted by Crippen LogP contribution is 2.14. The van der Waals surface area contributed by atoms with Gasteiger partial charge in [-0.25, -0.2) is 0 Å².